The summed E-state index contributed by atoms with van der Waals surface area (Å²) < 4.78 is 6.24. The SMILES string of the molecule is Clc1ccccc1CSc1nnc2c(n1)OC(c1cccnc1)Nc1ccccc1-2. The molecule has 0 aliphatic carbocycles. The highest BCUT2D eigenvalue weighted by Gasteiger charge is 2.26. The van der Waals surface area contributed by atoms with Crippen molar-refractivity contribution in [3.05, 3.63) is 89.2 Å². The Hall–Kier alpha value is -3.16. The van der Waals surface area contributed by atoms with Crippen LogP contribution in [0, 0.1) is 0 Å². The maximum absolute atomic E-state index is 6.26. The molecule has 1 aliphatic rings. The number of hydrogen-bond acceptors (Lipinski definition) is 7. The van der Waals surface area contributed by atoms with E-state index in [0.717, 1.165) is 27.4 Å². The number of anilines is 1. The number of halogens is 1. The lowest BCUT2D eigenvalue weighted by Gasteiger charge is -2.18. The minimum absolute atomic E-state index is 0.429. The van der Waals surface area contributed by atoms with Crippen LogP contribution in [0.2, 0.25) is 5.02 Å². The van der Waals surface area contributed by atoms with Gasteiger partial charge in [0.1, 0.15) is 0 Å². The monoisotopic (exact) mass is 433 g/mol. The molecular formula is C22H16ClN5OS. The van der Waals surface area contributed by atoms with E-state index in [1.165, 1.54) is 11.8 Å². The quantitative estimate of drug-likeness (QED) is 0.433. The van der Waals surface area contributed by atoms with E-state index in [0.29, 0.717) is 22.5 Å². The number of thioether (sulfide) groups is 1. The van der Waals surface area contributed by atoms with Gasteiger partial charge < -0.3 is 10.1 Å². The summed E-state index contributed by atoms with van der Waals surface area (Å²) in [6.07, 6.45) is 3.06. The molecule has 0 radical (unpaired) electrons. The number of pyridine rings is 1. The van der Waals surface area contributed by atoms with Crippen LogP contribution in [0.3, 0.4) is 0 Å². The fourth-order valence-corrected chi connectivity index (χ4v) is 4.21. The van der Waals surface area contributed by atoms with E-state index in [1.54, 1.807) is 12.4 Å². The maximum Gasteiger partial charge on any atom is 0.247 e. The third-order valence-corrected chi connectivity index (χ3v) is 5.89. The van der Waals surface area contributed by atoms with E-state index < -0.39 is 6.23 Å². The molecule has 148 valence electrons. The minimum Gasteiger partial charge on any atom is -0.448 e. The smallest absolute Gasteiger partial charge is 0.247 e. The van der Waals surface area contributed by atoms with Crippen LogP contribution in [0.1, 0.15) is 17.4 Å². The molecule has 0 saturated heterocycles. The van der Waals surface area contributed by atoms with Crippen LogP contribution in [0.4, 0.5) is 5.69 Å². The van der Waals surface area contributed by atoms with Crippen LogP contribution in [0.25, 0.3) is 11.3 Å². The highest BCUT2D eigenvalue weighted by atomic mass is 35.5. The molecule has 0 amide bonds. The molecule has 1 atom stereocenters. The number of para-hydroxylation sites is 1. The van der Waals surface area contributed by atoms with Crippen molar-refractivity contribution in [3.63, 3.8) is 0 Å². The van der Waals surface area contributed by atoms with Gasteiger partial charge in [0.05, 0.1) is 0 Å². The van der Waals surface area contributed by atoms with E-state index in [4.69, 9.17) is 16.3 Å². The number of aromatic nitrogens is 4. The Morgan fingerprint density at radius 3 is 2.73 bits per heavy atom. The summed E-state index contributed by atoms with van der Waals surface area (Å²) in [5.74, 6) is 1.07. The van der Waals surface area contributed by atoms with Gasteiger partial charge in [0.2, 0.25) is 11.0 Å². The highest BCUT2D eigenvalue weighted by molar-refractivity contribution is 7.98. The highest BCUT2D eigenvalue weighted by Crippen LogP contribution is 2.39. The Morgan fingerprint density at radius 2 is 1.87 bits per heavy atom. The van der Waals surface area contributed by atoms with Gasteiger partial charge in [0.15, 0.2) is 11.9 Å². The molecule has 3 heterocycles. The third-order valence-electron chi connectivity index (χ3n) is 4.64. The standard InChI is InChI=1S/C22H16ClN5OS/c23-17-9-3-1-6-15(17)13-30-22-26-21-19(27-28-22)16-8-2-4-10-18(16)25-20(29-21)14-7-5-11-24-12-14/h1-12,20,25H,13H2. The fraction of sp³-hybridized carbons (Fsp3) is 0.0909. The molecule has 2 aromatic carbocycles. The van der Waals surface area contributed by atoms with Gasteiger partial charge in [-0.2, -0.15) is 4.98 Å². The molecule has 30 heavy (non-hydrogen) atoms. The van der Waals surface area contributed by atoms with Crippen molar-refractivity contribution < 1.29 is 4.74 Å². The molecule has 0 bridgehead atoms. The normalized spacial score (nSPS) is 14.6. The molecule has 2 aromatic heterocycles. The Kier molecular flexibility index (Phi) is 5.21. The van der Waals surface area contributed by atoms with Gasteiger partial charge in [-0.3, -0.25) is 4.98 Å². The van der Waals surface area contributed by atoms with Gasteiger partial charge in [-0.15, -0.1) is 10.2 Å². The zero-order valence-corrected chi connectivity index (χ0v) is 17.3. The third kappa shape index (κ3) is 3.81. The molecule has 1 unspecified atom stereocenters. The van der Waals surface area contributed by atoms with Crippen molar-refractivity contribution in [2.45, 2.75) is 17.1 Å². The van der Waals surface area contributed by atoms with Gasteiger partial charge in [0.25, 0.3) is 0 Å². The van der Waals surface area contributed by atoms with Crippen LogP contribution in [0.5, 0.6) is 5.88 Å². The van der Waals surface area contributed by atoms with E-state index >= 15 is 0 Å². The number of nitrogens with zero attached hydrogens (tertiary/aromatic N) is 4. The second-order valence-electron chi connectivity index (χ2n) is 6.60. The second kappa shape index (κ2) is 8.30. The maximum atomic E-state index is 6.26. The average molecular weight is 434 g/mol. The summed E-state index contributed by atoms with van der Waals surface area (Å²) in [5.41, 5.74) is 4.30. The average Bonchev–Trinajstić information content (AvgIpc) is 2.96. The first-order chi connectivity index (χ1) is 14.8. The zero-order valence-electron chi connectivity index (χ0n) is 15.7. The molecule has 1 N–H and O–H groups in total. The summed E-state index contributed by atoms with van der Waals surface area (Å²) in [6.45, 7) is 0. The van der Waals surface area contributed by atoms with Crippen molar-refractivity contribution in [3.8, 4) is 17.1 Å². The van der Waals surface area contributed by atoms with Gasteiger partial charge in [-0.25, -0.2) is 0 Å². The Bertz CT molecular complexity index is 1190. The number of benzene rings is 2. The van der Waals surface area contributed by atoms with Crippen LogP contribution in [0.15, 0.2) is 78.2 Å². The molecule has 6 nitrogen and oxygen atoms in total. The number of nitrogens with one attached hydrogen (secondary N) is 1. The predicted octanol–water partition coefficient (Wildman–Crippen LogP) is 5.38. The van der Waals surface area contributed by atoms with Crippen molar-refractivity contribution in [2.75, 3.05) is 5.32 Å². The summed E-state index contributed by atoms with van der Waals surface area (Å²) in [4.78, 5) is 8.86. The van der Waals surface area contributed by atoms with Crippen molar-refractivity contribution >= 4 is 29.1 Å². The first-order valence-corrected chi connectivity index (χ1v) is 10.7. The molecule has 0 saturated carbocycles. The zero-order chi connectivity index (χ0) is 20.3. The lowest BCUT2D eigenvalue weighted by atomic mass is 10.1. The lowest BCUT2D eigenvalue weighted by Crippen LogP contribution is -2.17. The number of fused-ring (bicyclic) bond motifs is 3. The lowest BCUT2D eigenvalue weighted by molar-refractivity contribution is 0.225. The summed E-state index contributed by atoms with van der Waals surface area (Å²) in [7, 11) is 0. The summed E-state index contributed by atoms with van der Waals surface area (Å²) >= 11 is 7.73. The van der Waals surface area contributed by atoms with Gasteiger partial charge in [0, 0.05) is 40.0 Å². The van der Waals surface area contributed by atoms with E-state index in [2.05, 4.69) is 25.5 Å². The molecule has 4 aromatic rings. The molecule has 0 fully saturated rings. The largest absolute Gasteiger partial charge is 0.448 e. The first kappa shape index (κ1) is 18.8. The van der Waals surface area contributed by atoms with Crippen LogP contribution < -0.4 is 10.1 Å². The Labute approximate surface area is 182 Å². The minimum atomic E-state index is -0.445. The number of rotatable bonds is 4. The van der Waals surface area contributed by atoms with E-state index in [9.17, 15) is 0 Å². The fourth-order valence-electron chi connectivity index (χ4n) is 3.15. The number of hydrogen-bond donors (Lipinski definition) is 1. The molecular weight excluding hydrogens is 418 g/mol. The van der Waals surface area contributed by atoms with Crippen molar-refractivity contribution in [1.82, 2.24) is 20.2 Å². The molecule has 1 aliphatic heterocycles. The first-order valence-electron chi connectivity index (χ1n) is 9.31. The summed E-state index contributed by atoms with van der Waals surface area (Å²) in [6, 6.07) is 19.4. The van der Waals surface area contributed by atoms with Gasteiger partial charge in [-0.1, -0.05) is 65.8 Å². The topological polar surface area (TPSA) is 72.8 Å². The number of ether oxygens (including phenoxy) is 1. The van der Waals surface area contributed by atoms with Crippen molar-refractivity contribution in [2.24, 2.45) is 0 Å². The second-order valence-corrected chi connectivity index (χ2v) is 7.95. The Morgan fingerprint density at radius 1 is 1.00 bits per heavy atom. The van der Waals surface area contributed by atoms with Gasteiger partial charge in [-0.05, 0) is 23.8 Å². The molecule has 8 heteroatoms. The van der Waals surface area contributed by atoms with Crippen LogP contribution in [-0.2, 0) is 5.75 Å². The summed E-state index contributed by atoms with van der Waals surface area (Å²) in [5, 5.41) is 13.4. The van der Waals surface area contributed by atoms with Crippen molar-refractivity contribution in [1.29, 1.82) is 0 Å². The van der Waals surface area contributed by atoms with E-state index in [1.807, 2.05) is 60.7 Å². The van der Waals surface area contributed by atoms with E-state index in [-0.39, 0.29) is 0 Å². The molecule has 0 spiro atoms. The molecule has 5 rings (SSSR count). The van der Waals surface area contributed by atoms with Crippen LogP contribution >= 0.6 is 23.4 Å². The Balaban J connectivity index is 1.49. The van der Waals surface area contributed by atoms with Crippen LogP contribution in [-0.4, -0.2) is 20.2 Å². The predicted molar refractivity (Wildman–Crippen MR) is 118 cm³/mol. The van der Waals surface area contributed by atoms with Gasteiger partial charge >= 0.3 is 0 Å².